The average Bonchev–Trinajstić information content (AvgIpc) is 3.02. The highest BCUT2D eigenvalue weighted by molar-refractivity contribution is 6.00. The molecule has 5 heteroatoms. The molecule has 0 spiro atoms. The number of hydrogen-bond acceptors (Lipinski definition) is 3. The zero-order chi connectivity index (χ0) is 18.0. The Morgan fingerprint density at radius 3 is 2.64 bits per heavy atom. The van der Waals surface area contributed by atoms with Crippen LogP contribution < -0.4 is 4.90 Å². The van der Waals surface area contributed by atoms with Gasteiger partial charge in [0.25, 0.3) is 0 Å². The molecule has 1 aromatic carbocycles. The number of amides is 2. The number of rotatable bonds is 4. The minimum absolute atomic E-state index is 0.0335. The van der Waals surface area contributed by atoms with E-state index in [-0.39, 0.29) is 30.3 Å². The van der Waals surface area contributed by atoms with Crippen LogP contribution in [0.5, 0.6) is 0 Å². The second-order valence-corrected chi connectivity index (χ2v) is 7.33. The highest BCUT2D eigenvalue weighted by atomic mass is 16.3. The van der Waals surface area contributed by atoms with E-state index >= 15 is 0 Å². The molecule has 25 heavy (non-hydrogen) atoms. The molecule has 2 aliphatic heterocycles. The molecule has 0 radical (unpaired) electrons. The number of piperidine rings is 1. The van der Waals surface area contributed by atoms with Crippen LogP contribution in [0.15, 0.2) is 24.3 Å². The van der Waals surface area contributed by atoms with Crippen LogP contribution in [0.3, 0.4) is 0 Å². The van der Waals surface area contributed by atoms with Gasteiger partial charge in [-0.2, -0.15) is 0 Å². The zero-order valence-electron chi connectivity index (χ0n) is 15.1. The van der Waals surface area contributed by atoms with Crippen LogP contribution in [0.1, 0.15) is 51.0 Å². The Kier molecular flexibility index (Phi) is 5.42. The zero-order valence-corrected chi connectivity index (χ0v) is 15.1. The van der Waals surface area contributed by atoms with Crippen molar-refractivity contribution in [3.05, 3.63) is 29.8 Å². The Balaban J connectivity index is 1.74. The largest absolute Gasteiger partial charge is 0.393 e. The first-order chi connectivity index (χ1) is 12.0. The van der Waals surface area contributed by atoms with Gasteiger partial charge in [0.15, 0.2) is 0 Å². The number of nitrogens with zero attached hydrogens (tertiary/aromatic N) is 2. The molecule has 0 aromatic heterocycles. The molecule has 2 amide bonds. The summed E-state index contributed by atoms with van der Waals surface area (Å²) in [7, 11) is 0. The maximum atomic E-state index is 12.8. The Labute approximate surface area is 149 Å². The maximum Gasteiger partial charge on any atom is 0.228 e. The van der Waals surface area contributed by atoms with Gasteiger partial charge in [-0.1, -0.05) is 32.0 Å². The normalized spacial score (nSPS) is 23.2. The fourth-order valence-corrected chi connectivity index (χ4v) is 3.82. The Hall–Kier alpha value is -1.88. The molecule has 2 atom stereocenters. The van der Waals surface area contributed by atoms with E-state index in [0.717, 1.165) is 12.1 Å². The molecule has 2 aliphatic rings. The number of para-hydroxylation sites is 1. The molecule has 0 aliphatic carbocycles. The van der Waals surface area contributed by atoms with Crippen molar-refractivity contribution in [1.82, 2.24) is 4.90 Å². The third kappa shape index (κ3) is 3.71. The predicted octanol–water partition coefficient (Wildman–Crippen LogP) is 2.54. The highest BCUT2D eigenvalue weighted by Crippen LogP contribution is 2.34. The van der Waals surface area contributed by atoms with Crippen molar-refractivity contribution >= 4 is 17.5 Å². The first kappa shape index (κ1) is 17.9. The van der Waals surface area contributed by atoms with E-state index in [0.29, 0.717) is 38.4 Å². The first-order valence-electron chi connectivity index (χ1n) is 9.37. The maximum absolute atomic E-state index is 12.8. The average molecular weight is 344 g/mol. The summed E-state index contributed by atoms with van der Waals surface area (Å²) < 4.78 is 0. The van der Waals surface area contributed by atoms with Gasteiger partial charge in [-0.25, -0.2) is 0 Å². The monoisotopic (exact) mass is 344 g/mol. The molecule has 1 N–H and O–H groups in total. The number of aliphatic hydroxyl groups excluding tert-OH is 1. The predicted molar refractivity (Wildman–Crippen MR) is 97.4 cm³/mol. The van der Waals surface area contributed by atoms with E-state index in [9.17, 15) is 14.7 Å². The number of likely N-dealkylation sites (tertiary alicyclic amines) is 1. The van der Waals surface area contributed by atoms with Crippen molar-refractivity contribution in [2.75, 3.05) is 24.5 Å². The third-order valence-electron chi connectivity index (χ3n) is 5.62. The van der Waals surface area contributed by atoms with Crippen LogP contribution in [-0.2, 0) is 9.59 Å². The lowest BCUT2D eigenvalue weighted by molar-refractivity contribution is -0.137. The molecule has 2 saturated heterocycles. The topological polar surface area (TPSA) is 60.9 Å². The standard InChI is InChI=1S/C20H28N2O3/c1-3-14(2)17-6-4-5-7-18(17)22-13-15(12-19(22)24)20(25)21-10-8-16(23)9-11-21/h4-7,14-16,23H,3,8-13H2,1-2H3. The van der Waals surface area contributed by atoms with Crippen LogP contribution in [0.25, 0.3) is 0 Å². The number of anilines is 1. The number of aliphatic hydroxyl groups is 1. The summed E-state index contributed by atoms with van der Waals surface area (Å²) in [5.74, 6) is 0.199. The van der Waals surface area contributed by atoms with Crippen LogP contribution >= 0.6 is 0 Å². The van der Waals surface area contributed by atoms with Gasteiger partial charge in [0, 0.05) is 31.7 Å². The minimum atomic E-state index is -0.298. The van der Waals surface area contributed by atoms with E-state index in [1.807, 2.05) is 23.1 Å². The van der Waals surface area contributed by atoms with Gasteiger partial charge in [-0.15, -0.1) is 0 Å². The smallest absolute Gasteiger partial charge is 0.228 e. The molecule has 0 saturated carbocycles. The SMILES string of the molecule is CCC(C)c1ccccc1N1CC(C(=O)N2CCC(O)CC2)CC1=O. The van der Waals surface area contributed by atoms with E-state index in [2.05, 4.69) is 19.9 Å². The fourth-order valence-electron chi connectivity index (χ4n) is 3.82. The van der Waals surface area contributed by atoms with Crippen molar-refractivity contribution in [3.63, 3.8) is 0 Å². The molecule has 136 valence electrons. The highest BCUT2D eigenvalue weighted by Gasteiger charge is 2.38. The first-order valence-corrected chi connectivity index (χ1v) is 9.37. The molecule has 1 aromatic rings. The van der Waals surface area contributed by atoms with Gasteiger partial charge in [0.05, 0.1) is 12.0 Å². The number of carbonyl (C=O) groups is 2. The minimum Gasteiger partial charge on any atom is -0.393 e. The Morgan fingerprint density at radius 1 is 1.28 bits per heavy atom. The molecule has 5 nitrogen and oxygen atoms in total. The van der Waals surface area contributed by atoms with Gasteiger partial charge in [0.1, 0.15) is 0 Å². The fraction of sp³-hybridized carbons (Fsp3) is 0.600. The van der Waals surface area contributed by atoms with Crippen LogP contribution in [0, 0.1) is 5.92 Å². The van der Waals surface area contributed by atoms with Gasteiger partial charge in [-0.3, -0.25) is 9.59 Å². The van der Waals surface area contributed by atoms with E-state index < -0.39 is 0 Å². The summed E-state index contributed by atoms with van der Waals surface area (Å²) >= 11 is 0. The second kappa shape index (κ2) is 7.56. The third-order valence-corrected chi connectivity index (χ3v) is 5.62. The van der Waals surface area contributed by atoms with E-state index in [1.54, 1.807) is 4.90 Å². The van der Waals surface area contributed by atoms with E-state index in [1.165, 1.54) is 5.56 Å². The van der Waals surface area contributed by atoms with Crippen molar-refractivity contribution in [1.29, 1.82) is 0 Å². The van der Waals surface area contributed by atoms with Crippen molar-refractivity contribution in [2.24, 2.45) is 5.92 Å². The number of hydrogen-bond donors (Lipinski definition) is 1. The lowest BCUT2D eigenvalue weighted by Crippen LogP contribution is -2.43. The van der Waals surface area contributed by atoms with E-state index in [4.69, 9.17) is 0 Å². The summed E-state index contributed by atoms with van der Waals surface area (Å²) in [5.41, 5.74) is 2.12. The summed E-state index contributed by atoms with van der Waals surface area (Å²) in [6.45, 7) is 5.96. The Morgan fingerprint density at radius 2 is 1.96 bits per heavy atom. The van der Waals surface area contributed by atoms with Crippen molar-refractivity contribution < 1.29 is 14.7 Å². The molecular formula is C20H28N2O3. The van der Waals surface area contributed by atoms with Crippen LogP contribution in [-0.4, -0.2) is 47.6 Å². The molecule has 2 fully saturated rings. The second-order valence-electron chi connectivity index (χ2n) is 7.33. The summed E-state index contributed by atoms with van der Waals surface area (Å²) in [4.78, 5) is 29.0. The lowest BCUT2D eigenvalue weighted by atomic mass is 9.96. The lowest BCUT2D eigenvalue weighted by Gasteiger charge is -2.31. The number of carbonyl (C=O) groups excluding carboxylic acids is 2. The van der Waals surface area contributed by atoms with Gasteiger partial charge in [0.2, 0.25) is 11.8 Å². The Bertz CT molecular complexity index is 638. The van der Waals surface area contributed by atoms with Crippen LogP contribution in [0.4, 0.5) is 5.69 Å². The quantitative estimate of drug-likeness (QED) is 0.913. The van der Waals surface area contributed by atoms with Crippen LogP contribution in [0.2, 0.25) is 0 Å². The van der Waals surface area contributed by atoms with Gasteiger partial charge in [-0.05, 0) is 36.8 Å². The van der Waals surface area contributed by atoms with Crippen molar-refractivity contribution in [2.45, 2.75) is 51.6 Å². The summed E-state index contributed by atoms with van der Waals surface area (Å²) in [6.07, 6.45) is 2.26. The summed E-state index contributed by atoms with van der Waals surface area (Å²) in [6, 6.07) is 8.03. The van der Waals surface area contributed by atoms with Gasteiger partial charge >= 0.3 is 0 Å². The van der Waals surface area contributed by atoms with Gasteiger partial charge < -0.3 is 14.9 Å². The number of benzene rings is 1. The van der Waals surface area contributed by atoms with Crippen molar-refractivity contribution in [3.8, 4) is 0 Å². The molecule has 2 heterocycles. The molecular weight excluding hydrogens is 316 g/mol. The molecule has 2 unspecified atom stereocenters. The molecule has 3 rings (SSSR count). The summed E-state index contributed by atoms with van der Waals surface area (Å²) in [5, 5.41) is 9.61. The molecule has 0 bridgehead atoms.